The van der Waals surface area contributed by atoms with Gasteiger partial charge in [0.05, 0.1) is 12.5 Å². The number of nitrogens with zero attached hydrogens (tertiary/aromatic N) is 2. The molecule has 0 spiro atoms. The molecule has 1 heterocycles. The van der Waals surface area contributed by atoms with Crippen molar-refractivity contribution in [3.63, 3.8) is 0 Å². The van der Waals surface area contributed by atoms with Crippen LogP contribution in [0.4, 0.5) is 0 Å². The van der Waals surface area contributed by atoms with Crippen molar-refractivity contribution in [3.8, 4) is 0 Å². The Morgan fingerprint density at radius 2 is 2.00 bits per heavy atom. The highest BCUT2D eigenvalue weighted by Crippen LogP contribution is 2.13. The molecule has 1 aromatic carbocycles. The molecule has 0 bridgehead atoms. The first-order valence-electron chi connectivity index (χ1n) is 7.77. The van der Waals surface area contributed by atoms with Gasteiger partial charge in [0.15, 0.2) is 5.82 Å². The van der Waals surface area contributed by atoms with E-state index < -0.39 is 0 Å². The van der Waals surface area contributed by atoms with Crippen LogP contribution in [0.5, 0.6) is 0 Å². The van der Waals surface area contributed by atoms with E-state index in [1.54, 1.807) is 0 Å². The van der Waals surface area contributed by atoms with Gasteiger partial charge < -0.3 is 9.84 Å². The van der Waals surface area contributed by atoms with Crippen LogP contribution in [0.25, 0.3) is 0 Å². The predicted molar refractivity (Wildman–Crippen MR) is 84.2 cm³/mol. The standard InChI is InChI=1S/C17H23N3O2/c1-4-8-12(2)17(21)18-13(3)16-19-15(22-20-16)11-14-9-6-5-7-10-14/h5-7,9-10,12-13H,4,8,11H2,1-3H3,(H,18,21)/t12-,13+/m1/s1. The van der Waals surface area contributed by atoms with Crippen molar-refractivity contribution in [1.82, 2.24) is 15.5 Å². The van der Waals surface area contributed by atoms with E-state index in [4.69, 9.17) is 4.52 Å². The third kappa shape index (κ3) is 4.41. The molecule has 2 aromatic rings. The second-order valence-corrected chi connectivity index (χ2v) is 5.63. The summed E-state index contributed by atoms with van der Waals surface area (Å²) in [6, 6.07) is 9.70. The summed E-state index contributed by atoms with van der Waals surface area (Å²) in [5.74, 6) is 1.11. The zero-order valence-corrected chi connectivity index (χ0v) is 13.4. The molecule has 22 heavy (non-hydrogen) atoms. The summed E-state index contributed by atoms with van der Waals surface area (Å²) in [5.41, 5.74) is 1.12. The number of aromatic nitrogens is 2. The van der Waals surface area contributed by atoms with Gasteiger partial charge in [-0.2, -0.15) is 4.98 Å². The molecule has 5 heteroatoms. The van der Waals surface area contributed by atoms with Gasteiger partial charge in [-0.05, 0) is 18.9 Å². The number of carbonyl (C=O) groups excluding carboxylic acids is 1. The second-order valence-electron chi connectivity index (χ2n) is 5.63. The summed E-state index contributed by atoms with van der Waals surface area (Å²) in [4.78, 5) is 16.4. The van der Waals surface area contributed by atoms with Gasteiger partial charge in [0, 0.05) is 5.92 Å². The van der Waals surface area contributed by atoms with Gasteiger partial charge in [-0.25, -0.2) is 0 Å². The molecule has 1 N–H and O–H groups in total. The van der Waals surface area contributed by atoms with Crippen LogP contribution in [0.1, 0.15) is 56.9 Å². The van der Waals surface area contributed by atoms with Crippen molar-refractivity contribution >= 4 is 5.91 Å². The number of nitrogens with one attached hydrogen (secondary N) is 1. The van der Waals surface area contributed by atoms with Crippen LogP contribution in [0.3, 0.4) is 0 Å². The lowest BCUT2D eigenvalue weighted by molar-refractivity contribution is -0.125. The predicted octanol–water partition coefficient (Wildman–Crippen LogP) is 3.27. The minimum absolute atomic E-state index is 0.00291. The highest BCUT2D eigenvalue weighted by Gasteiger charge is 2.19. The van der Waals surface area contributed by atoms with Crippen molar-refractivity contribution < 1.29 is 9.32 Å². The average Bonchev–Trinajstić information content (AvgIpc) is 2.97. The molecule has 0 radical (unpaired) electrons. The van der Waals surface area contributed by atoms with Crippen LogP contribution in [0.2, 0.25) is 0 Å². The topological polar surface area (TPSA) is 68.0 Å². The molecule has 0 aliphatic rings. The largest absolute Gasteiger partial charge is 0.346 e. The molecule has 2 atom stereocenters. The van der Waals surface area contributed by atoms with Gasteiger partial charge >= 0.3 is 0 Å². The van der Waals surface area contributed by atoms with E-state index in [1.807, 2.05) is 44.2 Å². The number of benzene rings is 1. The Bertz CT molecular complexity index is 595. The fourth-order valence-corrected chi connectivity index (χ4v) is 2.27. The Morgan fingerprint density at radius 3 is 2.68 bits per heavy atom. The van der Waals surface area contributed by atoms with Crippen LogP contribution < -0.4 is 5.32 Å². The van der Waals surface area contributed by atoms with Crippen LogP contribution >= 0.6 is 0 Å². The van der Waals surface area contributed by atoms with Crippen LogP contribution in [-0.4, -0.2) is 16.0 Å². The average molecular weight is 301 g/mol. The molecule has 0 saturated heterocycles. The summed E-state index contributed by atoms with van der Waals surface area (Å²) in [7, 11) is 0. The number of amides is 1. The van der Waals surface area contributed by atoms with E-state index in [1.165, 1.54) is 0 Å². The molecule has 0 saturated carbocycles. The normalized spacial score (nSPS) is 13.6. The molecular weight excluding hydrogens is 278 g/mol. The lowest BCUT2D eigenvalue weighted by Gasteiger charge is -2.14. The van der Waals surface area contributed by atoms with Gasteiger partial charge in [0.1, 0.15) is 0 Å². The highest BCUT2D eigenvalue weighted by molar-refractivity contribution is 5.78. The van der Waals surface area contributed by atoms with Crippen LogP contribution in [-0.2, 0) is 11.2 Å². The molecule has 2 rings (SSSR count). The van der Waals surface area contributed by atoms with Crippen LogP contribution in [0.15, 0.2) is 34.9 Å². The first-order valence-corrected chi connectivity index (χ1v) is 7.77. The summed E-state index contributed by atoms with van der Waals surface area (Å²) in [6.45, 7) is 5.87. The van der Waals surface area contributed by atoms with Crippen molar-refractivity contribution in [2.75, 3.05) is 0 Å². The SMILES string of the molecule is CCC[C@@H](C)C(=O)N[C@@H](C)c1noc(Cc2ccccc2)n1. The molecular formula is C17H23N3O2. The minimum atomic E-state index is -0.250. The van der Waals surface area contributed by atoms with Crippen molar-refractivity contribution in [2.45, 2.75) is 46.1 Å². The molecule has 5 nitrogen and oxygen atoms in total. The Labute approximate surface area is 131 Å². The molecule has 0 fully saturated rings. The third-order valence-corrected chi connectivity index (χ3v) is 3.60. The number of carbonyl (C=O) groups is 1. The van der Waals surface area contributed by atoms with Crippen LogP contribution in [0, 0.1) is 5.92 Å². The molecule has 1 aromatic heterocycles. The van der Waals surface area contributed by atoms with E-state index >= 15 is 0 Å². The summed E-state index contributed by atoms with van der Waals surface area (Å²) >= 11 is 0. The summed E-state index contributed by atoms with van der Waals surface area (Å²) in [6.07, 6.45) is 2.47. The fourth-order valence-electron chi connectivity index (χ4n) is 2.27. The minimum Gasteiger partial charge on any atom is -0.346 e. The number of hydrogen-bond donors (Lipinski definition) is 1. The van der Waals surface area contributed by atoms with E-state index in [0.717, 1.165) is 18.4 Å². The lowest BCUT2D eigenvalue weighted by atomic mass is 10.1. The molecule has 0 unspecified atom stereocenters. The van der Waals surface area contributed by atoms with Gasteiger partial charge in [0.25, 0.3) is 0 Å². The fraction of sp³-hybridized carbons (Fsp3) is 0.471. The monoisotopic (exact) mass is 301 g/mol. The third-order valence-electron chi connectivity index (χ3n) is 3.60. The molecule has 118 valence electrons. The summed E-state index contributed by atoms with van der Waals surface area (Å²) in [5, 5.41) is 6.90. The second kappa shape index (κ2) is 7.73. The van der Waals surface area contributed by atoms with E-state index in [2.05, 4.69) is 22.4 Å². The van der Waals surface area contributed by atoms with Gasteiger partial charge in [0.2, 0.25) is 11.8 Å². The molecule has 0 aliphatic carbocycles. The number of rotatable bonds is 7. The smallest absolute Gasteiger partial charge is 0.231 e. The van der Waals surface area contributed by atoms with Gasteiger partial charge in [-0.15, -0.1) is 0 Å². The maximum Gasteiger partial charge on any atom is 0.231 e. The molecule has 1 amide bonds. The van der Waals surface area contributed by atoms with Crippen molar-refractivity contribution in [2.24, 2.45) is 5.92 Å². The zero-order valence-electron chi connectivity index (χ0n) is 13.4. The van der Waals surface area contributed by atoms with Crippen molar-refractivity contribution in [3.05, 3.63) is 47.6 Å². The maximum atomic E-state index is 12.0. The Kier molecular flexibility index (Phi) is 5.69. The van der Waals surface area contributed by atoms with E-state index in [-0.39, 0.29) is 17.9 Å². The van der Waals surface area contributed by atoms with E-state index in [9.17, 15) is 4.79 Å². The Morgan fingerprint density at radius 1 is 1.27 bits per heavy atom. The van der Waals surface area contributed by atoms with Crippen molar-refractivity contribution in [1.29, 1.82) is 0 Å². The Hall–Kier alpha value is -2.17. The lowest BCUT2D eigenvalue weighted by Crippen LogP contribution is -2.32. The highest BCUT2D eigenvalue weighted by atomic mass is 16.5. The van der Waals surface area contributed by atoms with Gasteiger partial charge in [-0.3, -0.25) is 4.79 Å². The maximum absolute atomic E-state index is 12.0. The summed E-state index contributed by atoms with van der Waals surface area (Å²) < 4.78 is 5.27. The zero-order chi connectivity index (χ0) is 15.9. The van der Waals surface area contributed by atoms with E-state index in [0.29, 0.717) is 18.1 Å². The number of hydrogen-bond acceptors (Lipinski definition) is 4. The Balaban J connectivity index is 1.94. The molecule has 0 aliphatic heterocycles. The first kappa shape index (κ1) is 16.2. The van der Waals surface area contributed by atoms with Gasteiger partial charge in [-0.1, -0.05) is 55.8 Å². The quantitative estimate of drug-likeness (QED) is 0.852. The first-order chi connectivity index (χ1) is 10.6.